The van der Waals surface area contributed by atoms with Crippen LogP contribution in [0.3, 0.4) is 0 Å². The van der Waals surface area contributed by atoms with Gasteiger partial charge in [0, 0.05) is 32.3 Å². The van der Waals surface area contributed by atoms with Crippen LogP contribution in [0.1, 0.15) is 22.8 Å². The monoisotopic (exact) mass is 236 g/mol. The minimum Gasteiger partial charge on any atom is -0.380 e. The molecule has 0 aliphatic rings. The molecular formula is C13H20N2O2. The first kappa shape index (κ1) is 13.7. The molecule has 0 saturated carbocycles. The van der Waals surface area contributed by atoms with Gasteiger partial charge >= 0.3 is 0 Å². The van der Waals surface area contributed by atoms with Gasteiger partial charge in [-0.2, -0.15) is 0 Å². The predicted molar refractivity (Wildman–Crippen MR) is 67.8 cm³/mol. The fraction of sp³-hybridized carbons (Fsp3) is 0.462. The van der Waals surface area contributed by atoms with E-state index in [1.807, 2.05) is 31.2 Å². The summed E-state index contributed by atoms with van der Waals surface area (Å²) < 4.78 is 5.22. The van der Waals surface area contributed by atoms with Crippen LogP contribution in [0.2, 0.25) is 0 Å². The van der Waals surface area contributed by atoms with Gasteiger partial charge in [-0.1, -0.05) is 12.1 Å². The van der Waals surface area contributed by atoms with Gasteiger partial charge in [-0.15, -0.1) is 0 Å². The third-order valence-electron chi connectivity index (χ3n) is 2.56. The van der Waals surface area contributed by atoms with E-state index >= 15 is 0 Å². The number of rotatable bonds is 6. The zero-order valence-electron chi connectivity index (χ0n) is 10.5. The molecule has 0 radical (unpaired) electrons. The molecular weight excluding hydrogens is 216 g/mol. The van der Waals surface area contributed by atoms with Crippen molar-refractivity contribution >= 4 is 5.91 Å². The first-order valence-corrected chi connectivity index (χ1v) is 5.81. The van der Waals surface area contributed by atoms with Crippen LogP contribution in [0.4, 0.5) is 0 Å². The Bertz CT molecular complexity index is 349. The fourth-order valence-corrected chi connectivity index (χ4v) is 1.45. The zero-order chi connectivity index (χ0) is 12.7. The highest BCUT2D eigenvalue weighted by Gasteiger charge is 2.10. The summed E-state index contributed by atoms with van der Waals surface area (Å²) in [7, 11) is 1.78. The topological polar surface area (TPSA) is 55.6 Å². The minimum atomic E-state index is 0.00766. The highest BCUT2D eigenvalue weighted by atomic mass is 16.5. The standard InChI is InChI=1S/C13H20N2O2/c1-3-17-9-8-15(2)13(16)12-6-4-11(10-14)5-7-12/h4-7H,3,8-10,14H2,1-2H3. The molecule has 0 unspecified atom stereocenters. The van der Waals surface area contributed by atoms with E-state index in [0.29, 0.717) is 31.9 Å². The Labute approximate surface area is 102 Å². The number of nitrogens with zero attached hydrogens (tertiary/aromatic N) is 1. The number of hydrogen-bond acceptors (Lipinski definition) is 3. The van der Waals surface area contributed by atoms with E-state index in [9.17, 15) is 4.79 Å². The molecule has 0 heterocycles. The Morgan fingerprint density at radius 3 is 2.53 bits per heavy atom. The number of carbonyl (C=O) groups excluding carboxylic acids is 1. The van der Waals surface area contributed by atoms with Crippen molar-refractivity contribution in [3.63, 3.8) is 0 Å². The van der Waals surface area contributed by atoms with Crippen LogP contribution in [-0.4, -0.2) is 37.6 Å². The first-order chi connectivity index (χ1) is 8.19. The predicted octanol–water partition coefficient (Wildman–Crippen LogP) is 1.25. The smallest absolute Gasteiger partial charge is 0.253 e. The van der Waals surface area contributed by atoms with E-state index in [-0.39, 0.29) is 5.91 Å². The van der Waals surface area contributed by atoms with Crippen molar-refractivity contribution in [2.24, 2.45) is 5.73 Å². The maximum atomic E-state index is 12.0. The Morgan fingerprint density at radius 1 is 1.35 bits per heavy atom. The normalized spacial score (nSPS) is 10.3. The van der Waals surface area contributed by atoms with E-state index in [1.165, 1.54) is 0 Å². The molecule has 0 atom stereocenters. The van der Waals surface area contributed by atoms with Crippen LogP contribution in [-0.2, 0) is 11.3 Å². The van der Waals surface area contributed by atoms with E-state index < -0.39 is 0 Å². The fourth-order valence-electron chi connectivity index (χ4n) is 1.45. The largest absolute Gasteiger partial charge is 0.380 e. The van der Waals surface area contributed by atoms with E-state index in [1.54, 1.807) is 11.9 Å². The lowest BCUT2D eigenvalue weighted by Crippen LogP contribution is -2.30. The number of carbonyl (C=O) groups is 1. The van der Waals surface area contributed by atoms with Crippen molar-refractivity contribution in [3.8, 4) is 0 Å². The van der Waals surface area contributed by atoms with Gasteiger partial charge in [-0.25, -0.2) is 0 Å². The average molecular weight is 236 g/mol. The molecule has 0 saturated heterocycles. The molecule has 0 fully saturated rings. The van der Waals surface area contributed by atoms with Gasteiger partial charge in [0.05, 0.1) is 6.61 Å². The second-order valence-corrected chi connectivity index (χ2v) is 3.82. The Hall–Kier alpha value is -1.39. The lowest BCUT2D eigenvalue weighted by molar-refractivity contribution is 0.0710. The van der Waals surface area contributed by atoms with Crippen molar-refractivity contribution in [1.29, 1.82) is 0 Å². The van der Waals surface area contributed by atoms with Crippen molar-refractivity contribution in [2.75, 3.05) is 26.8 Å². The van der Waals surface area contributed by atoms with Gasteiger partial charge in [0.2, 0.25) is 0 Å². The van der Waals surface area contributed by atoms with Crippen molar-refractivity contribution in [2.45, 2.75) is 13.5 Å². The van der Waals surface area contributed by atoms with Crippen LogP contribution in [0.25, 0.3) is 0 Å². The number of benzene rings is 1. The van der Waals surface area contributed by atoms with Crippen LogP contribution in [0.5, 0.6) is 0 Å². The third kappa shape index (κ3) is 4.17. The maximum Gasteiger partial charge on any atom is 0.253 e. The number of likely N-dealkylation sites (N-methyl/N-ethyl adjacent to an activating group) is 1. The van der Waals surface area contributed by atoms with Crippen molar-refractivity contribution < 1.29 is 9.53 Å². The third-order valence-corrected chi connectivity index (χ3v) is 2.56. The number of ether oxygens (including phenoxy) is 1. The summed E-state index contributed by atoms with van der Waals surface area (Å²) in [4.78, 5) is 13.6. The van der Waals surface area contributed by atoms with Gasteiger partial charge in [0.1, 0.15) is 0 Å². The van der Waals surface area contributed by atoms with Gasteiger partial charge in [-0.05, 0) is 24.6 Å². The summed E-state index contributed by atoms with van der Waals surface area (Å²) in [5, 5.41) is 0. The Kier molecular flexibility index (Phi) is 5.66. The summed E-state index contributed by atoms with van der Waals surface area (Å²) in [5.41, 5.74) is 7.21. The summed E-state index contributed by atoms with van der Waals surface area (Å²) in [6.07, 6.45) is 0. The average Bonchev–Trinajstić information content (AvgIpc) is 2.38. The van der Waals surface area contributed by atoms with Gasteiger partial charge in [0.25, 0.3) is 5.91 Å². The molecule has 94 valence electrons. The zero-order valence-corrected chi connectivity index (χ0v) is 10.5. The Morgan fingerprint density at radius 2 is 2.00 bits per heavy atom. The number of amides is 1. The molecule has 1 rings (SSSR count). The molecule has 17 heavy (non-hydrogen) atoms. The quantitative estimate of drug-likeness (QED) is 0.756. The summed E-state index contributed by atoms with van der Waals surface area (Å²) in [6.45, 7) is 4.28. The maximum absolute atomic E-state index is 12.0. The molecule has 2 N–H and O–H groups in total. The lowest BCUT2D eigenvalue weighted by atomic mass is 10.1. The second-order valence-electron chi connectivity index (χ2n) is 3.82. The molecule has 4 nitrogen and oxygen atoms in total. The van der Waals surface area contributed by atoms with Gasteiger partial charge in [0.15, 0.2) is 0 Å². The van der Waals surface area contributed by atoms with Crippen LogP contribution < -0.4 is 5.73 Å². The molecule has 0 aromatic heterocycles. The number of hydrogen-bond donors (Lipinski definition) is 1. The van der Waals surface area contributed by atoms with E-state index in [0.717, 1.165) is 5.56 Å². The molecule has 1 aromatic carbocycles. The summed E-state index contributed by atoms with van der Waals surface area (Å²) >= 11 is 0. The highest BCUT2D eigenvalue weighted by molar-refractivity contribution is 5.94. The molecule has 1 aromatic rings. The SMILES string of the molecule is CCOCCN(C)C(=O)c1ccc(CN)cc1. The van der Waals surface area contributed by atoms with Gasteiger partial charge < -0.3 is 15.4 Å². The molecule has 1 amide bonds. The van der Waals surface area contributed by atoms with Crippen LogP contribution in [0.15, 0.2) is 24.3 Å². The molecule has 0 bridgehead atoms. The van der Waals surface area contributed by atoms with E-state index in [4.69, 9.17) is 10.5 Å². The molecule has 0 aliphatic carbocycles. The summed E-state index contributed by atoms with van der Waals surface area (Å²) in [6, 6.07) is 7.37. The van der Waals surface area contributed by atoms with Crippen molar-refractivity contribution in [1.82, 2.24) is 4.90 Å². The first-order valence-electron chi connectivity index (χ1n) is 5.81. The molecule has 0 spiro atoms. The van der Waals surface area contributed by atoms with Crippen LogP contribution in [0, 0.1) is 0 Å². The van der Waals surface area contributed by atoms with Crippen LogP contribution >= 0.6 is 0 Å². The molecule has 4 heteroatoms. The molecule has 0 aliphatic heterocycles. The summed E-state index contributed by atoms with van der Waals surface area (Å²) in [5.74, 6) is 0.00766. The Balaban J connectivity index is 2.55. The minimum absolute atomic E-state index is 0.00766. The van der Waals surface area contributed by atoms with Crippen molar-refractivity contribution in [3.05, 3.63) is 35.4 Å². The second kappa shape index (κ2) is 7.04. The van der Waals surface area contributed by atoms with E-state index in [2.05, 4.69) is 0 Å². The lowest BCUT2D eigenvalue weighted by Gasteiger charge is -2.17. The van der Waals surface area contributed by atoms with Gasteiger partial charge in [-0.3, -0.25) is 4.79 Å². The highest BCUT2D eigenvalue weighted by Crippen LogP contribution is 2.06. The number of nitrogens with two attached hydrogens (primary N) is 1.